The molecule has 1 aromatic heterocycles. The van der Waals surface area contributed by atoms with Crippen LogP contribution in [0.3, 0.4) is 0 Å². The van der Waals surface area contributed by atoms with Crippen molar-refractivity contribution in [2.75, 3.05) is 24.2 Å². The van der Waals surface area contributed by atoms with Crippen LogP contribution in [0.15, 0.2) is 23.0 Å². The van der Waals surface area contributed by atoms with E-state index in [1.807, 2.05) is 6.92 Å². The summed E-state index contributed by atoms with van der Waals surface area (Å²) in [6, 6.07) is 7.16. The summed E-state index contributed by atoms with van der Waals surface area (Å²) >= 11 is 0. The predicted molar refractivity (Wildman–Crippen MR) is 74.8 cm³/mol. The highest BCUT2D eigenvalue weighted by molar-refractivity contribution is 5.81. The molecule has 0 spiro atoms. The second-order valence-corrected chi connectivity index (χ2v) is 4.58. The first-order valence-electron chi connectivity index (χ1n) is 5.91. The second-order valence-electron chi connectivity index (χ2n) is 4.58. The molecule has 0 bridgehead atoms. The third-order valence-corrected chi connectivity index (χ3v) is 2.85. The number of anilines is 2. The summed E-state index contributed by atoms with van der Waals surface area (Å²) < 4.78 is 0. The van der Waals surface area contributed by atoms with Gasteiger partial charge in [-0.25, -0.2) is 4.98 Å². The fourth-order valence-corrected chi connectivity index (χ4v) is 1.86. The number of hydrogen-bond acceptors (Lipinski definition) is 5. The standard InChI is InChI=1S/C13H15N5O/c1-8(6-14)7-18(2)13-16-11-4-3-9(15)5-10(11)12(19)17-13/h3-5,8H,7,15H2,1-2H3,(H,16,17,19). The van der Waals surface area contributed by atoms with Crippen molar-refractivity contribution in [3.05, 3.63) is 28.6 Å². The number of benzene rings is 1. The molecule has 1 atom stereocenters. The van der Waals surface area contributed by atoms with Crippen molar-refractivity contribution in [2.45, 2.75) is 6.92 Å². The van der Waals surface area contributed by atoms with Crippen molar-refractivity contribution >= 4 is 22.5 Å². The van der Waals surface area contributed by atoms with E-state index in [-0.39, 0.29) is 11.5 Å². The number of hydrogen-bond donors (Lipinski definition) is 2. The van der Waals surface area contributed by atoms with E-state index in [9.17, 15) is 4.79 Å². The van der Waals surface area contributed by atoms with Crippen LogP contribution in [0.5, 0.6) is 0 Å². The van der Waals surface area contributed by atoms with E-state index in [1.54, 1.807) is 30.1 Å². The van der Waals surface area contributed by atoms with Crippen LogP contribution in [0.4, 0.5) is 11.6 Å². The number of nitriles is 1. The summed E-state index contributed by atoms with van der Waals surface area (Å²) in [5, 5.41) is 9.27. The van der Waals surface area contributed by atoms with Crippen LogP contribution in [0.2, 0.25) is 0 Å². The number of nitrogens with zero attached hydrogens (tertiary/aromatic N) is 3. The third kappa shape index (κ3) is 2.65. The Bertz CT molecular complexity index is 700. The third-order valence-electron chi connectivity index (χ3n) is 2.85. The van der Waals surface area contributed by atoms with E-state index < -0.39 is 0 Å². The lowest BCUT2D eigenvalue weighted by Gasteiger charge is -2.18. The number of nitrogens with one attached hydrogen (secondary N) is 1. The minimum absolute atomic E-state index is 0.141. The van der Waals surface area contributed by atoms with E-state index in [2.05, 4.69) is 16.0 Å². The van der Waals surface area contributed by atoms with Gasteiger partial charge in [-0.2, -0.15) is 5.26 Å². The first kappa shape index (κ1) is 12.9. The lowest BCUT2D eigenvalue weighted by Crippen LogP contribution is -2.27. The van der Waals surface area contributed by atoms with Gasteiger partial charge in [0, 0.05) is 19.3 Å². The highest BCUT2D eigenvalue weighted by Crippen LogP contribution is 2.14. The van der Waals surface area contributed by atoms with Crippen molar-refractivity contribution in [3.63, 3.8) is 0 Å². The van der Waals surface area contributed by atoms with Crippen LogP contribution in [-0.4, -0.2) is 23.6 Å². The monoisotopic (exact) mass is 257 g/mol. The number of nitrogen functional groups attached to an aromatic ring is 1. The highest BCUT2D eigenvalue weighted by Gasteiger charge is 2.10. The number of aromatic nitrogens is 2. The zero-order valence-electron chi connectivity index (χ0n) is 10.8. The van der Waals surface area contributed by atoms with Gasteiger partial charge < -0.3 is 10.6 Å². The Balaban J connectivity index is 2.44. The molecule has 6 heteroatoms. The molecule has 0 radical (unpaired) electrons. The average molecular weight is 257 g/mol. The Morgan fingerprint density at radius 2 is 2.32 bits per heavy atom. The van der Waals surface area contributed by atoms with Gasteiger partial charge in [0.2, 0.25) is 5.95 Å². The summed E-state index contributed by atoms with van der Waals surface area (Å²) in [6.45, 7) is 2.32. The van der Waals surface area contributed by atoms with Gasteiger partial charge in [-0.15, -0.1) is 0 Å². The molecule has 1 heterocycles. The van der Waals surface area contributed by atoms with Crippen molar-refractivity contribution in [1.82, 2.24) is 9.97 Å². The normalized spacial score (nSPS) is 12.1. The van der Waals surface area contributed by atoms with E-state index >= 15 is 0 Å². The molecule has 0 aliphatic carbocycles. The molecule has 2 aromatic rings. The Morgan fingerprint density at radius 3 is 3.00 bits per heavy atom. The molecule has 19 heavy (non-hydrogen) atoms. The smallest absolute Gasteiger partial charge is 0.260 e. The van der Waals surface area contributed by atoms with Crippen LogP contribution in [0, 0.1) is 17.2 Å². The maximum Gasteiger partial charge on any atom is 0.260 e. The Hall–Kier alpha value is -2.55. The molecule has 6 nitrogen and oxygen atoms in total. The van der Waals surface area contributed by atoms with Crippen LogP contribution >= 0.6 is 0 Å². The summed E-state index contributed by atoms with van der Waals surface area (Å²) in [5.41, 5.74) is 6.53. The molecular formula is C13H15N5O. The van der Waals surface area contributed by atoms with Gasteiger partial charge in [0.25, 0.3) is 5.56 Å². The zero-order chi connectivity index (χ0) is 14.0. The maximum atomic E-state index is 12.0. The van der Waals surface area contributed by atoms with Gasteiger partial charge in [0.05, 0.1) is 22.9 Å². The molecule has 0 fully saturated rings. The molecule has 0 aliphatic rings. The van der Waals surface area contributed by atoms with Gasteiger partial charge in [-0.05, 0) is 25.1 Å². The predicted octanol–water partition coefficient (Wildman–Crippen LogP) is 1.10. The summed E-state index contributed by atoms with van der Waals surface area (Å²) in [7, 11) is 1.79. The summed E-state index contributed by atoms with van der Waals surface area (Å²) in [4.78, 5) is 20.8. The quantitative estimate of drug-likeness (QED) is 0.802. The van der Waals surface area contributed by atoms with Crippen LogP contribution in [-0.2, 0) is 0 Å². The minimum atomic E-state index is -0.233. The lowest BCUT2D eigenvalue weighted by atomic mass is 10.2. The number of H-pyrrole nitrogens is 1. The van der Waals surface area contributed by atoms with Crippen molar-refractivity contribution in [2.24, 2.45) is 5.92 Å². The fraction of sp³-hybridized carbons (Fsp3) is 0.308. The zero-order valence-corrected chi connectivity index (χ0v) is 10.8. The second kappa shape index (κ2) is 4.98. The molecule has 0 saturated carbocycles. The van der Waals surface area contributed by atoms with Crippen molar-refractivity contribution < 1.29 is 0 Å². The average Bonchev–Trinajstić information content (AvgIpc) is 2.39. The molecular weight excluding hydrogens is 242 g/mol. The van der Waals surface area contributed by atoms with E-state index in [0.29, 0.717) is 29.1 Å². The summed E-state index contributed by atoms with van der Waals surface area (Å²) in [5.74, 6) is 0.307. The van der Waals surface area contributed by atoms with Gasteiger partial charge in [0.15, 0.2) is 0 Å². The Morgan fingerprint density at radius 1 is 1.58 bits per heavy atom. The van der Waals surface area contributed by atoms with Crippen molar-refractivity contribution in [3.8, 4) is 6.07 Å². The molecule has 2 rings (SSSR count). The molecule has 0 saturated heterocycles. The van der Waals surface area contributed by atoms with Gasteiger partial charge in [-0.1, -0.05) is 0 Å². The molecule has 3 N–H and O–H groups in total. The van der Waals surface area contributed by atoms with Crippen molar-refractivity contribution in [1.29, 1.82) is 5.26 Å². The lowest BCUT2D eigenvalue weighted by molar-refractivity contribution is 0.703. The van der Waals surface area contributed by atoms with Crippen LogP contribution in [0.1, 0.15) is 6.92 Å². The topological polar surface area (TPSA) is 98.8 Å². The molecule has 1 unspecified atom stereocenters. The minimum Gasteiger partial charge on any atom is -0.399 e. The SMILES string of the molecule is CC(C#N)CN(C)c1nc2ccc(N)cc2c(=O)[nH]1. The number of nitrogens with two attached hydrogens (primary N) is 1. The Kier molecular flexibility index (Phi) is 3.38. The number of rotatable bonds is 3. The number of aromatic amines is 1. The van der Waals surface area contributed by atoms with Gasteiger partial charge in [-0.3, -0.25) is 9.78 Å². The summed E-state index contributed by atoms with van der Waals surface area (Å²) in [6.07, 6.45) is 0. The van der Waals surface area contributed by atoms with Crippen LogP contribution < -0.4 is 16.2 Å². The van der Waals surface area contributed by atoms with E-state index in [1.165, 1.54) is 0 Å². The van der Waals surface area contributed by atoms with E-state index in [4.69, 9.17) is 11.0 Å². The van der Waals surface area contributed by atoms with E-state index in [0.717, 1.165) is 0 Å². The van der Waals surface area contributed by atoms with Gasteiger partial charge >= 0.3 is 0 Å². The molecule has 1 aromatic carbocycles. The molecule has 0 aliphatic heterocycles. The first-order valence-corrected chi connectivity index (χ1v) is 5.91. The van der Waals surface area contributed by atoms with Crippen LogP contribution in [0.25, 0.3) is 10.9 Å². The Labute approximate surface area is 110 Å². The highest BCUT2D eigenvalue weighted by atomic mass is 16.1. The molecule has 0 amide bonds. The molecule has 98 valence electrons. The first-order chi connectivity index (χ1) is 9.01. The fourth-order valence-electron chi connectivity index (χ4n) is 1.86. The number of fused-ring (bicyclic) bond motifs is 1. The largest absolute Gasteiger partial charge is 0.399 e. The van der Waals surface area contributed by atoms with Gasteiger partial charge in [0.1, 0.15) is 0 Å². The maximum absolute atomic E-state index is 12.0.